The minimum absolute atomic E-state index is 0.121. The molecule has 0 spiro atoms. The first-order chi connectivity index (χ1) is 8.06. The van der Waals surface area contributed by atoms with Gasteiger partial charge in [-0.15, -0.1) is 0 Å². The van der Waals surface area contributed by atoms with E-state index in [4.69, 9.17) is 0 Å². The second-order valence-electron chi connectivity index (χ2n) is 3.97. The monoisotopic (exact) mass is 236 g/mol. The maximum Gasteiger partial charge on any atom is 0.318 e. The van der Waals surface area contributed by atoms with Crippen molar-refractivity contribution in [1.82, 2.24) is 4.98 Å². The summed E-state index contributed by atoms with van der Waals surface area (Å²) in [4.78, 5) is 27.3. The molecule has 1 aromatic heterocycles. The lowest BCUT2D eigenvalue weighted by Crippen LogP contribution is -2.34. The summed E-state index contributed by atoms with van der Waals surface area (Å²) in [5.41, 5.74) is 0.611. The van der Waals surface area contributed by atoms with Gasteiger partial charge in [0.2, 0.25) is 5.91 Å². The number of carbonyl (C=O) groups excluding carboxylic acids is 2. The lowest BCUT2D eigenvalue weighted by atomic mass is 9.95. The van der Waals surface area contributed by atoms with E-state index in [1.165, 1.54) is 7.11 Å². The molecule has 0 saturated carbocycles. The highest BCUT2D eigenvalue weighted by atomic mass is 16.5. The smallest absolute Gasteiger partial charge is 0.318 e. The van der Waals surface area contributed by atoms with Crippen molar-refractivity contribution in [2.24, 2.45) is 11.8 Å². The van der Waals surface area contributed by atoms with E-state index in [-0.39, 0.29) is 11.8 Å². The number of nitrogens with one attached hydrogen (secondary N) is 1. The van der Waals surface area contributed by atoms with Gasteiger partial charge in [-0.25, -0.2) is 0 Å². The Bertz CT molecular complexity index is 390. The standard InChI is InChI=1S/C12H16N2O3/c1-8(2)10(12(16)17-3)11(15)14-9-4-6-13-7-5-9/h4-8,10H,1-3H3,(H,13,14,15). The van der Waals surface area contributed by atoms with E-state index in [1.807, 2.05) is 0 Å². The van der Waals surface area contributed by atoms with Crippen molar-refractivity contribution in [2.75, 3.05) is 12.4 Å². The number of hydrogen-bond donors (Lipinski definition) is 1. The fourth-order valence-electron chi connectivity index (χ4n) is 1.46. The predicted octanol–water partition coefficient (Wildman–Crippen LogP) is 1.47. The fourth-order valence-corrected chi connectivity index (χ4v) is 1.46. The SMILES string of the molecule is COC(=O)C(C(=O)Nc1ccncc1)C(C)C. The molecule has 0 radical (unpaired) electrons. The summed E-state index contributed by atoms with van der Waals surface area (Å²) in [6.07, 6.45) is 3.14. The number of esters is 1. The van der Waals surface area contributed by atoms with Crippen LogP contribution in [0.3, 0.4) is 0 Å². The number of nitrogens with zero attached hydrogens (tertiary/aromatic N) is 1. The third kappa shape index (κ3) is 3.55. The Morgan fingerprint density at radius 3 is 2.35 bits per heavy atom. The van der Waals surface area contributed by atoms with Crippen LogP contribution in [0, 0.1) is 11.8 Å². The third-order valence-electron chi connectivity index (χ3n) is 2.35. The molecule has 92 valence electrons. The van der Waals surface area contributed by atoms with E-state index >= 15 is 0 Å². The first kappa shape index (κ1) is 13.2. The maximum atomic E-state index is 11.9. The number of aromatic nitrogens is 1. The molecule has 1 unspecified atom stereocenters. The molecular weight excluding hydrogens is 220 g/mol. The van der Waals surface area contributed by atoms with Crippen LogP contribution < -0.4 is 5.32 Å². The van der Waals surface area contributed by atoms with E-state index in [1.54, 1.807) is 38.4 Å². The lowest BCUT2D eigenvalue weighted by Gasteiger charge is -2.17. The Kier molecular flexibility index (Phi) is 4.63. The van der Waals surface area contributed by atoms with Gasteiger partial charge in [0.1, 0.15) is 5.92 Å². The van der Waals surface area contributed by atoms with E-state index in [2.05, 4.69) is 15.0 Å². The predicted molar refractivity (Wildman–Crippen MR) is 63.2 cm³/mol. The van der Waals surface area contributed by atoms with Crippen molar-refractivity contribution in [3.05, 3.63) is 24.5 Å². The highest BCUT2D eigenvalue weighted by Gasteiger charge is 2.30. The summed E-state index contributed by atoms with van der Waals surface area (Å²) in [5.74, 6) is -1.80. The van der Waals surface area contributed by atoms with Crippen LogP contribution in [0.1, 0.15) is 13.8 Å². The second kappa shape index (κ2) is 5.98. The van der Waals surface area contributed by atoms with Crippen LogP contribution in [-0.2, 0) is 14.3 Å². The number of carbonyl (C=O) groups is 2. The molecule has 1 atom stereocenters. The molecule has 1 heterocycles. The summed E-state index contributed by atoms with van der Waals surface area (Å²) in [6, 6.07) is 3.32. The number of ether oxygens (including phenoxy) is 1. The summed E-state index contributed by atoms with van der Waals surface area (Å²) < 4.78 is 4.62. The van der Waals surface area contributed by atoms with Gasteiger partial charge < -0.3 is 10.1 Å². The third-order valence-corrected chi connectivity index (χ3v) is 2.35. The molecule has 17 heavy (non-hydrogen) atoms. The van der Waals surface area contributed by atoms with E-state index in [9.17, 15) is 9.59 Å². The second-order valence-corrected chi connectivity index (χ2v) is 3.97. The zero-order chi connectivity index (χ0) is 12.8. The Balaban J connectivity index is 2.76. The molecule has 1 rings (SSSR count). The molecule has 5 nitrogen and oxygen atoms in total. The molecule has 0 aliphatic heterocycles. The van der Waals surface area contributed by atoms with Crippen molar-refractivity contribution in [3.8, 4) is 0 Å². The van der Waals surface area contributed by atoms with Gasteiger partial charge in [0.15, 0.2) is 0 Å². The Labute approximate surface area is 100 Å². The van der Waals surface area contributed by atoms with Crippen LogP contribution in [0.25, 0.3) is 0 Å². The lowest BCUT2D eigenvalue weighted by molar-refractivity contribution is -0.150. The summed E-state index contributed by atoms with van der Waals surface area (Å²) in [7, 11) is 1.28. The first-order valence-corrected chi connectivity index (χ1v) is 5.35. The number of anilines is 1. The maximum absolute atomic E-state index is 11.9. The number of amides is 1. The zero-order valence-corrected chi connectivity index (χ0v) is 10.1. The molecule has 0 aliphatic carbocycles. The van der Waals surface area contributed by atoms with Crippen molar-refractivity contribution >= 4 is 17.6 Å². The van der Waals surface area contributed by atoms with Gasteiger partial charge in [0, 0.05) is 18.1 Å². The fraction of sp³-hybridized carbons (Fsp3) is 0.417. The molecule has 0 aromatic carbocycles. The zero-order valence-electron chi connectivity index (χ0n) is 10.1. The van der Waals surface area contributed by atoms with Crippen LogP contribution in [0.15, 0.2) is 24.5 Å². The molecule has 5 heteroatoms. The molecule has 0 bridgehead atoms. The number of hydrogen-bond acceptors (Lipinski definition) is 4. The molecule has 0 saturated heterocycles. The number of pyridine rings is 1. The van der Waals surface area contributed by atoms with Gasteiger partial charge in [-0.3, -0.25) is 14.6 Å². The minimum atomic E-state index is -0.798. The summed E-state index contributed by atoms with van der Waals surface area (Å²) in [5, 5.41) is 2.66. The van der Waals surface area contributed by atoms with Gasteiger partial charge in [-0.1, -0.05) is 13.8 Å². The Morgan fingerprint density at radius 1 is 1.29 bits per heavy atom. The summed E-state index contributed by atoms with van der Waals surface area (Å²) in [6.45, 7) is 3.60. The molecule has 1 N–H and O–H groups in total. The average molecular weight is 236 g/mol. The molecule has 0 fully saturated rings. The molecule has 1 aromatic rings. The summed E-state index contributed by atoms with van der Waals surface area (Å²) >= 11 is 0. The van der Waals surface area contributed by atoms with Crippen molar-refractivity contribution in [2.45, 2.75) is 13.8 Å². The van der Waals surface area contributed by atoms with Crippen molar-refractivity contribution in [3.63, 3.8) is 0 Å². The minimum Gasteiger partial charge on any atom is -0.468 e. The van der Waals surface area contributed by atoms with Gasteiger partial charge in [-0.2, -0.15) is 0 Å². The topological polar surface area (TPSA) is 68.3 Å². The van der Waals surface area contributed by atoms with Gasteiger partial charge >= 0.3 is 5.97 Å². The van der Waals surface area contributed by atoms with Crippen LogP contribution >= 0.6 is 0 Å². The Hall–Kier alpha value is -1.91. The number of methoxy groups -OCH3 is 1. The Morgan fingerprint density at radius 2 is 1.88 bits per heavy atom. The molecular formula is C12H16N2O3. The van der Waals surface area contributed by atoms with Crippen LogP contribution in [0.2, 0.25) is 0 Å². The van der Waals surface area contributed by atoms with E-state index < -0.39 is 11.9 Å². The van der Waals surface area contributed by atoms with Crippen LogP contribution in [0.5, 0.6) is 0 Å². The highest BCUT2D eigenvalue weighted by Crippen LogP contribution is 2.15. The van der Waals surface area contributed by atoms with E-state index in [0.29, 0.717) is 5.69 Å². The largest absolute Gasteiger partial charge is 0.468 e. The molecule has 1 amide bonds. The van der Waals surface area contributed by atoms with Crippen LogP contribution in [-0.4, -0.2) is 24.0 Å². The van der Waals surface area contributed by atoms with Crippen molar-refractivity contribution < 1.29 is 14.3 Å². The van der Waals surface area contributed by atoms with Crippen LogP contribution in [0.4, 0.5) is 5.69 Å². The first-order valence-electron chi connectivity index (χ1n) is 5.35. The highest BCUT2D eigenvalue weighted by molar-refractivity contribution is 6.04. The average Bonchev–Trinajstić information content (AvgIpc) is 2.29. The van der Waals surface area contributed by atoms with Gasteiger partial charge in [-0.05, 0) is 18.1 Å². The van der Waals surface area contributed by atoms with Crippen molar-refractivity contribution in [1.29, 1.82) is 0 Å². The van der Waals surface area contributed by atoms with Gasteiger partial charge in [0.25, 0.3) is 0 Å². The molecule has 0 aliphatic rings. The normalized spacial score (nSPS) is 12.0. The van der Waals surface area contributed by atoms with Gasteiger partial charge in [0.05, 0.1) is 7.11 Å². The quantitative estimate of drug-likeness (QED) is 0.635. The number of rotatable bonds is 4. The van der Waals surface area contributed by atoms with E-state index in [0.717, 1.165) is 0 Å².